The van der Waals surface area contributed by atoms with Gasteiger partial charge in [-0.25, -0.2) is 15.0 Å². The number of hydrogen-bond donors (Lipinski definition) is 3. The van der Waals surface area contributed by atoms with Crippen LogP contribution in [0.5, 0.6) is 0 Å². The minimum atomic E-state index is -0.218. The topological polar surface area (TPSA) is 109 Å². The quantitative estimate of drug-likeness (QED) is 0.339. The van der Waals surface area contributed by atoms with Crippen molar-refractivity contribution in [2.75, 3.05) is 18.5 Å². The molecule has 1 saturated heterocycles. The van der Waals surface area contributed by atoms with Gasteiger partial charge in [0.05, 0.1) is 28.3 Å². The van der Waals surface area contributed by atoms with Gasteiger partial charge >= 0.3 is 0 Å². The fraction of sp³-hybridized carbons (Fsp3) is 0.259. The van der Waals surface area contributed by atoms with E-state index >= 15 is 0 Å². The molecule has 8 nitrogen and oxygen atoms in total. The van der Waals surface area contributed by atoms with Gasteiger partial charge in [-0.05, 0) is 55.5 Å². The monoisotopic (exact) mass is 466 g/mol. The van der Waals surface area contributed by atoms with Gasteiger partial charge in [0.1, 0.15) is 17.2 Å². The van der Waals surface area contributed by atoms with E-state index in [1.807, 2.05) is 37.3 Å². The van der Waals surface area contributed by atoms with E-state index in [-0.39, 0.29) is 11.6 Å². The molecular formula is C27H26N6O2. The van der Waals surface area contributed by atoms with Gasteiger partial charge in [-0.3, -0.25) is 4.79 Å². The highest BCUT2D eigenvalue weighted by molar-refractivity contribution is 5.99. The Bertz CT molecular complexity index is 1550. The Morgan fingerprint density at radius 3 is 2.63 bits per heavy atom. The third kappa shape index (κ3) is 4.06. The molecule has 1 aliphatic heterocycles. The second-order valence-corrected chi connectivity index (χ2v) is 8.97. The summed E-state index contributed by atoms with van der Waals surface area (Å²) in [6.45, 7) is 3.57. The van der Waals surface area contributed by atoms with Crippen molar-refractivity contribution in [3.8, 4) is 11.4 Å². The number of fused-ring (bicyclic) bond motifs is 2. The smallest absolute Gasteiger partial charge is 0.261 e. The van der Waals surface area contributed by atoms with E-state index in [0.717, 1.165) is 48.0 Å². The van der Waals surface area contributed by atoms with Crippen LogP contribution in [0.1, 0.15) is 43.1 Å². The van der Waals surface area contributed by atoms with Gasteiger partial charge in [0.15, 0.2) is 0 Å². The van der Waals surface area contributed by atoms with E-state index in [9.17, 15) is 4.79 Å². The molecule has 35 heavy (non-hydrogen) atoms. The van der Waals surface area contributed by atoms with Crippen molar-refractivity contribution in [1.29, 1.82) is 0 Å². The van der Waals surface area contributed by atoms with Crippen LogP contribution in [0.15, 0.2) is 65.7 Å². The van der Waals surface area contributed by atoms with E-state index in [1.165, 1.54) is 5.56 Å². The number of ether oxygens (including phenoxy) is 1. The van der Waals surface area contributed by atoms with E-state index in [2.05, 4.69) is 37.4 Å². The summed E-state index contributed by atoms with van der Waals surface area (Å²) in [6, 6.07) is 15.6. The lowest BCUT2D eigenvalue weighted by atomic mass is 9.91. The van der Waals surface area contributed by atoms with Crippen molar-refractivity contribution in [2.24, 2.45) is 0 Å². The highest BCUT2D eigenvalue weighted by atomic mass is 16.5. The highest BCUT2D eigenvalue weighted by Gasteiger charge is 2.21. The number of aromatic nitrogens is 5. The zero-order valence-corrected chi connectivity index (χ0v) is 19.4. The summed E-state index contributed by atoms with van der Waals surface area (Å²) in [5.41, 5.74) is 4.73. The lowest BCUT2D eigenvalue weighted by Crippen LogP contribution is -2.17. The number of imidazole rings is 1. The van der Waals surface area contributed by atoms with Crippen molar-refractivity contribution in [3.05, 3.63) is 82.7 Å². The fourth-order valence-electron chi connectivity index (χ4n) is 4.86. The number of benzene rings is 2. The molecule has 0 aliphatic carbocycles. The Kier molecular flexibility index (Phi) is 5.50. The Balaban J connectivity index is 1.47. The van der Waals surface area contributed by atoms with Crippen LogP contribution in [-0.4, -0.2) is 38.1 Å². The van der Waals surface area contributed by atoms with E-state index < -0.39 is 0 Å². The molecule has 8 heteroatoms. The first-order valence-corrected chi connectivity index (χ1v) is 11.9. The van der Waals surface area contributed by atoms with Crippen LogP contribution in [0.2, 0.25) is 0 Å². The average Bonchev–Trinajstić information content (AvgIpc) is 3.32. The molecule has 5 aromatic rings. The molecule has 2 aromatic carbocycles. The van der Waals surface area contributed by atoms with Crippen molar-refractivity contribution >= 4 is 27.6 Å². The molecule has 6 rings (SSSR count). The lowest BCUT2D eigenvalue weighted by Gasteiger charge is -2.22. The normalized spacial score (nSPS) is 15.5. The van der Waals surface area contributed by atoms with Gasteiger partial charge in [0.25, 0.3) is 5.56 Å². The third-order valence-electron chi connectivity index (χ3n) is 6.69. The molecule has 1 fully saturated rings. The van der Waals surface area contributed by atoms with Crippen molar-refractivity contribution < 1.29 is 4.74 Å². The maximum Gasteiger partial charge on any atom is 0.261 e. The summed E-state index contributed by atoms with van der Waals surface area (Å²) in [6.07, 6.45) is 5.47. The molecule has 0 unspecified atom stereocenters. The maximum absolute atomic E-state index is 13.4. The molecule has 4 heterocycles. The minimum absolute atomic E-state index is 0.212. The summed E-state index contributed by atoms with van der Waals surface area (Å²) >= 11 is 0. The lowest BCUT2D eigenvalue weighted by molar-refractivity contribution is 0.0853. The van der Waals surface area contributed by atoms with Gasteiger partial charge in [0, 0.05) is 31.0 Å². The van der Waals surface area contributed by atoms with Crippen LogP contribution < -0.4 is 10.9 Å². The first-order valence-electron chi connectivity index (χ1n) is 11.9. The molecule has 1 aliphatic rings. The number of rotatable bonds is 5. The largest absolute Gasteiger partial charge is 0.381 e. The molecule has 0 radical (unpaired) electrons. The number of aromatic amines is 2. The van der Waals surface area contributed by atoms with Crippen LogP contribution in [0.4, 0.5) is 5.69 Å². The van der Waals surface area contributed by atoms with Crippen molar-refractivity contribution in [1.82, 2.24) is 24.9 Å². The Labute approximate surface area is 201 Å². The van der Waals surface area contributed by atoms with E-state index in [0.29, 0.717) is 28.8 Å². The number of hydrogen-bond acceptors (Lipinski definition) is 6. The van der Waals surface area contributed by atoms with Gasteiger partial charge in [-0.15, -0.1) is 0 Å². The zero-order valence-electron chi connectivity index (χ0n) is 19.4. The second-order valence-electron chi connectivity index (χ2n) is 8.97. The standard InChI is InChI=1S/C27H26N6O2/c1-16(25-28-11-4-12-29-25)30-24-19-5-2-3-6-20(19)33-27(34)23(24)26-31-21-8-7-18(15-22(21)32-26)17-9-13-35-14-10-17/h2-8,11-12,15-17H,9-10,13-14H2,1H3,(H,31,32)(H2,30,33,34)/t16-/m1/s1. The van der Waals surface area contributed by atoms with Crippen molar-refractivity contribution in [2.45, 2.75) is 31.7 Å². The van der Waals surface area contributed by atoms with Crippen LogP contribution in [0, 0.1) is 0 Å². The van der Waals surface area contributed by atoms with Gasteiger partial charge in [-0.1, -0.05) is 24.3 Å². The molecule has 0 spiro atoms. The van der Waals surface area contributed by atoms with Crippen LogP contribution in [0.3, 0.4) is 0 Å². The molecule has 0 saturated carbocycles. The summed E-state index contributed by atoms with van der Waals surface area (Å²) in [5.74, 6) is 1.65. The Hall–Kier alpha value is -4.04. The number of H-pyrrole nitrogens is 2. The van der Waals surface area contributed by atoms with Gasteiger partial charge in [-0.2, -0.15) is 0 Å². The maximum atomic E-state index is 13.4. The second kappa shape index (κ2) is 8.96. The predicted molar refractivity (Wildman–Crippen MR) is 137 cm³/mol. The summed E-state index contributed by atoms with van der Waals surface area (Å²) in [5, 5.41) is 4.39. The highest BCUT2D eigenvalue weighted by Crippen LogP contribution is 2.34. The summed E-state index contributed by atoms with van der Waals surface area (Å²) in [4.78, 5) is 33.4. The molecule has 1 atom stereocenters. The van der Waals surface area contributed by atoms with E-state index in [4.69, 9.17) is 9.72 Å². The number of nitrogens with zero attached hydrogens (tertiary/aromatic N) is 3. The molecule has 0 bridgehead atoms. The van der Waals surface area contributed by atoms with Crippen LogP contribution >= 0.6 is 0 Å². The Morgan fingerprint density at radius 1 is 1.00 bits per heavy atom. The molecule has 0 amide bonds. The third-order valence-corrected chi connectivity index (χ3v) is 6.69. The molecule has 176 valence electrons. The van der Waals surface area contributed by atoms with Crippen molar-refractivity contribution in [3.63, 3.8) is 0 Å². The summed E-state index contributed by atoms with van der Waals surface area (Å²) < 4.78 is 5.52. The van der Waals surface area contributed by atoms with Gasteiger partial charge in [0.2, 0.25) is 0 Å². The predicted octanol–water partition coefficient (Wildman–Crippen LogP) is 4.93. The average molecular weight is 467 g/mol. The van der Waals surface area contributed by atoms with Crippen LogP contribution in [0.25, 0.3) is 33.3 Å². The minimum Gasteiger partial charge on any atom is -0.381 e. The first-order chi connectivity index (χ1) is 17.2. The number of nitrogens with one attached hydrogen (secondary N) is 3. The Morgan fingerprint density at radius 2 is 1.80 bits per heavy atom. The summed E-state index contributed by atoms with van der Waals surface area (Å²) in [7, 11) is 0. The SMILES string of the molecule is C[C@@H](Nc1c(-c2nc3ccc(C4CCOCC4)cc3[nH]2)c(=O)[nH]c2ccccc12)c1ncccn1. The molecule has 3 N–H and O–H groups in total. The number of pyridine rings is 1. The molecular weight excluding hydrogens is 440 g/mol. The number of para-hydroxylation sites is 1. The zero-order chi connectivity index (χ0) is 23.8. The molecule has 3 aromatic heterocycles. The van der Waals surface area contributed by atoms with Crippen LogP contribution in [-0.2, 0) is 4.74 Å². The van der Waals surface area contributed by atoms with E-state index in [1.54, 1.807) is 18.5 Å². The fourth-order valence-corrected chi connectivity index (χ4v) is 4.86. The number of anilines is 1. The first kappa shape index (κ1) is 21.5. The van der Waals surface area contributed by atoms with Gasteiger partial charge < -0.3 is 20.0 Å².